The van der Waals surface area contributed by atoms with Gasteiger partial charge in [-0.25, -0.2) is 0 Å². The Kier molecular flexibility index (Phi) is 6.13. The number of hydrogen-bond acceptors (Lipinski definition) is 3. The molecule has 9 aromatic rings. The quantitative estimate of drug-likeness (QED) is 0.133. The van der Waals surface area contributed by atoms with Crippen molar-refractivity contribution in [2.75, 3.05) is 0 Å². The number of fused-ring (bicyclic) bond motifs is 7. The molecule has 218 valence electrons. The first-order chi connectivity index (χ1) is 23.6. The van der Waals surface area contributed by atoms with Crippen LogP contribution in [0, 0.1) is 25.3 Å². The van der Waals surface area contributed by atoms with Gasteiger partial charge in [-0.15, -0.1) is 18.2 Å². The number of pyridine rings is 1. The Morgan fingerprint density at radius 2 is 1.58 bits per heavy atom. The van der Waals surface area contributed by atoms with Crippen molar-refractivity contribution in [2.24, 2.45) is 0 Å². The van der Waals surface area contributed by atoms with E-state index in [1.54, 1.807) is 12.1 Å². The number of para-hydroxylation sites is 3. The summed E-state index contributed by atoms with van der Waals surface area (Å²) in [6.07, 6.45) is 4.53. The van der Waals surface area contributed by atoms with Crippen LogP contribution in [0.2, 0.25) is 0 Å². The van der Waals surface area contributed by atoms with Crippen LogP contribution in [0.1, 0.15) is 19.3 Å². The van der Waals surface area contributed by atoms with Gasteiger partial charge in [-0.1, -0.05) is 71.2 Å². The molecule has 0 N–H and O–H groups in total. The molecule has 45 heavy (non-hydrogen) atoms. The fourth-order valence-electron chi connectivity index (χ4n) is 5.61. The molecule has 5 nitrogen and oxygen atoms in total. The molecular formula is C39H27IrN3O2+. The summed E-state index contributed by atoms with van der Waals surface area (Å²) in [6, 6.07) is 40.6. The fourth-order valence-corrected chi connectivity index (χ4v) is 5.61. The molecule has 0 aliphatic rings. The Balaban J connectivity index is 0.000000155. The molecule has 4 aromatic heterocycles. The van der Waals surface area contributed by atoms with Crippen LogP contribution in [-0.2, 0) is 26.6 Å². The number of aromatic nitrogens is 3. The van der Waals surface area contributed by atoms with E-state index in [0.717, 1.165) is 60.6 Å². The molecule has 0 atom stereocenters. The molecule has 9 rings (SSSR count). The molecule has 0 amide bonds. The summed E-state index contributed by atoms with van der Waals surface area (Å²) in [4.78, 5) is 4.28. The molecule has 0 bridgehead atoms. The summed E-state index contributed by atoms with van der Waals surface area (Å²) in [5.74, 6) is 0. The largest absolute Gasteiger partial charge is 3.00 e. The topological polar surface area (TPSA) is 48.0 Å². The van der Waals surface area contributed by atoms with Gasteiger partial charge in [0.05, 0.1) is 25.9 Å². The standard InChI is InChI=1S/C21H15N2O.C18H12NO.Ir/c1-2-22-14-23(15-8-4-3-5-9-15)19-13-21-17(12-18(19)22)16-10-6-7-11-20(16)24-21;1-12-9-10-16(19-11-12)15-7-4-6-14-13-5-2-3-8-17(13)20-18(14)15;/h3-8,10-13H,2H2,1H3;2-6,8-11H,1H3;/q2*-1;+3/i2D2;1D3;. The maximum absolute atomic E-state index is 8.22. The Labute approximate surface area is 280 Å². The van der Waals surface area contributed by atoms with E-state index in [1.807, 2.05) is 102 Å². The molecule has 5 aromatic carbocycles. The SMILES string of the molecule is [2H]C([2H])(C)[n+]1[c-]n(-c2[c-]cccc2)c2cc3oc4ccccc4c3cc21.[2H]C([2H])([2H])c1ccc(-c2[c-]ccc3c2oc2ccccc23)nc1.[Ir+3]. The van der Waals surface area contributed by atoms with Crippen LogP contribution in [0.3, 0.4) is 0 Å². The van der Waals surface area contributed by atoms with Crippen LogP contribution in [0.4, 0.5) is 0 Å². The second kappa shape index (κ2) is 11.8. The number of rotatable bonds is 3. The Morgan fingerprint density at radius 1 is 0.800 bits per heavy atom. The molecule has 0 unspecified atom stereocenters. The molecule has 0 aliphatic heterocycles. The van der Waals surface area contributed by atoms with Crippen LogP contribution >= 0.6 is 0 Å². The Bertz CT molecular complexity index is 2640. The van der Waals surface area contributed by atoms with Crippen LogP contribution in [-0.4, -0.2) is 9.55 Å². The molecular weight excluding hydrogens is 735 g/mol. The van der Waals surface area contributed by atoms with Gasteiger partial charge in [0.25, 0.3) is 0 Å². The van der Waals surface area contributed by atoms with E-state index in [-0.39, 0.29) is 25.7 Å². The van der Waals surface area contributed by atoms with Crippen molar-refractivity contribution in [3.05, 3.63) is 139 Å². The van der Waals surface area contributed by atoms with Crippen molar-refractivity contribution in [3.63, 3.8) is 0 Å². The van der Waals surface area contributed by atoms with E-state index in [4.69, 9.17) is 15.7 Å². The number of furan rings is 2. The maximum Gasteiger partial charge on any atom is 3.00 e. The summed E-state index contributed by atoms with van der Waals surface area (Å²) in [6.45, 7) is -2.22. The first-order valence-electron chi connectivity index (χ1n) is 16.6. The molecule has 0 saturated carbocycles. The molecule has 6 heteroatoms. The van der Waals surface area contributed by atoms with Crippen molar-refractivity contribution in [1.82, 2.24) is 9.55 Å². The molecule has 4 heterocycles. The van der Waals surface area contributed by atoms with E-state index in [1.165, 1.54) is 17.7 Å². The van der Waals surface area contributed by atoms with E-state index >= 15 is 0 Å². The predicted molar refractivity (Wildman–Crippen MR) is 175 cm³/mol. The van der Waals surface area contributed by atoms with E-state index < -0.39 is 13.3 Å². The summed E-state index contributed by atoms with van der Waals surface area (Å²) in [5.41, 5.74) is 7.09. The third-order valence-corrected chi connectivity index (χ3v) is 7.67. The first kappa shape index (κ1) is 23.4. The molecule has 0 spiro atoms. The average molecular weight is 767 g/mol. The van der Waals surface area contributed by atoms with Gasteiger partial charge in [-0.05, 0) is 43.2 Å². The smallest absolute Gasteiger partial charge is 0.501 e. The van der Waals surface area contributed by atoms with Crippen LogP contribution in [0.15, 0.2) is 124 Å². The number of aryl methyl sites for hydroxylation is 2. The molecule has 0 radical (unpaired) electrons. The minimum Gasteiger partial charge on any atom is -0.501 e. The summed E-state index contributed by atoms with van der Waals surface area (Å²) < 4.78 is 54.0. The zero-order valence-electron chi connectivity index (χ0n) is 29.0. The van der Waals surface area contributed by atoms with Crippen molar-refractivity contribution >= 4 is 54.9 Å². The first-order valence-corrected chi connectivity index (χ1v) is 14.1. The van der Waals surface area contributed by atoms with Crippen molar-refractivity contribution in [1.29, 1.82) is 0 Å². The van der Waals surface area contributed by atoms with Crippen molar-refractivity contribution in [2.45, 2.75) is 20.3 Å². The van der Waals surface area contributed by atoms with Gasteiger partial charge >= 0.3 is 20.1 Å². The molecule has 0 fully saturated rings. The molecule has 0 aliphatic carbocycles. The third-order valence-electron chi connectivity index (χ3n) is 7.67. The monoisotopic (exact) mass is 767 g/mol. The van der Waals surface area contributed by atoms with Crippen molar-refractivity contribution in [3.8, 4) is 16.9 Å². The van der Waals surface area contributed by atoms with Gasteiger partial charge in [0, 0.05) is 26.5 Å². The second-order valence-electron chi connectivity index (χ2n) is 10.3. The van der Waals surface area contributed by atoms with Gasteiger partial charge in [-0.3, -0.25) is 0 Å². The number of nitrogens with zero attached hydrogens (tertiary/aromatic N) is 3. The number of imidazole rings is 1. The summed E-state index contributed by atoms with van der Waals surface area (Å²) >= 11 is 0. The summed E-state index contributed by atoms with van der Waals surface area (Å²) in [7, 11) is 0. The van der Waals surface area contributed by atoms with E-state index in [0.29, 0.717) is 11.3 Å². The second-order valence-corrected chi connectivity index (χ2v) is 10.3. The average Bonchev–Trinajstić information content (AvgIpc) is 3.79. The van der Waals surface area contributed by atoms with Crippen LogP contribution in [0.25, 0.3) is 71.9 Å². The zero-order valence-corrected chi connectivity index (χ0v) is 26.4. The van der Waals surface area contributed by atoms with Gasteiger partial charge in [0.2, 0.25) is 6.33 Å². The fraction of sp³-hybridized carbons (Fsp3) is 0.0769. The maximum atomic E-state index is 8.22. The minimum atomic E-state index is -2.15. The minimum absolute atomic E-state index is 0. The van der Waals surface area contributed by atoms with Gasteiger partial charge in [0.1, 0.15) is 16.7 Å². The van der Waals surface area contributed by atoms with Gasteiger partial charge < -0.3 is 23.0 Å². The number of hydrogen-bond donors (Lipinski definition) is 0. The van der Waals surface area contributed by atoms with Crippen LogP contribution < -0.4 is 4.57 Å². The predicted octanol–water partition coefficient (Wildman–Crippen LogP) is 9.19. The van der Waals surface area contributed by atoms with Gasteiger partial charge in [-0.2, -0.15) is 30.3 Å². The normalized spacial score (nSPS) is 13.5. The molecule has 0 saturated heterocycles. The number of benzene rings is 5. The summed E-state index contributed by atoms with van der Waals surface area (Å²) in [5, 5.41) is 4.02. The van der Waals surface area contributed by atoms with E-state index in [2.05, 4.69) is 23.4 Å². The van der Waals surface area contributed by atoms with E-state index in [9.17, 15) is 0 Å². The third kappa shape index (κ3) is 5.02. The van der Waals surface area contributed by atoms with Gasteiger partial charge in [0.15, 0.2) is 0 Å². The van der Waals surface area contributed by atoms with Crippen LogP contribution in [0.5, 0.6) is 0 Å². The Hall–Kier alpha value is -5.03. The van der Waals surface area contributed by atoms with Crippen molar-refractivity contribution < 1.29 is 40.4 Å². The zero-order chi connectivity index (χ0) is 33.9. The Morgan fingerprint density at radius 3 is 2.31 bits per heavy atom.